The zero-order valence-electron chi connectivity index (χ0n) is 11.6. The van der Waals surface area contributed by atoms with Crippen molar-refractivity contribution < 1.29 is 9.47 Å². The second kappa shape index (κ2) is 5.45. The van der Waals surface area contributed by atoms with Gasteiger partial charge in [-0.3, -0.25) is 0 Å². The van der Waals surface area contributed by atoms with E-state index in [9.17, 15) is 0 Å². The van der Waals surface area contributed by atoms with E-state index in [1.807, 2.05) is 6.92 Å². The van der Waals surface area contributed by atoms with Crippen molar-refractivity contribution in [1.82, 2.24) is 5.32 Å². The highest BCUT2D eigenvalue weighted by atomic mass is 16.5. The average Bonchev–Trinajstić information content (AvgIpc) is 2.21. The minimum Gasteiger partial charge on any atom is -0.383 e. The monoisotopic (exact) mass is 255 g/mol. The lowest BCUT2D eigenvalue weighted by Gasteiger charge is -2.59. The van der Waals surface area contributed by atoms with Gasteiger partial charge in [0.05, 0.1) is 18.8 Å². The fourth-order valence-corrected chi connectivity index (χ4v) is 3.23. The molecule has 0 aliphatic heterocycles. The first kappa shape index (κ1) is 13.6. The van der Waals surface area contributed by atoms with Crippen molar-refractivity contribution in [3.8, 4) is 0 Å². The Morgan fingerprint density at radius 2 is 2.22 bits per heavy atom. The molecule has 0 aromatic rings. The Morgan fingerprint density at radius 3 is 2.72 bits per heavy atom. The largest absolute Gasteiger partial charge is 0.383 e. The Balaban J connectivity index is 1.89. The van der Waals surface area contributed by atoms with Crippen LogP contribution in [0.15, 0.2) is 4.99 Å². The molecular weight excluding hydrogens is 230 g/mol. The van der Waals surface area contributed by atoms with E-state index < -0.39 is 0 Å². The summed E-state index contributed by atoms with van der Waals surface area (Å²) in [5.41, 5.74) is 6.23. The minimum absolute atomic E-state index is 0.189. The SMILES string of the molecule is COCC(C)NC(N)=NC1CC(OC)C12CCC2. The Labute approximate surface area is 109 Å². The predicted molar refractivity (Wildman–Crippen MR) is 71.6 cm³/mol. The minimum atomic E-state index is 0.189. The summed E-state index contributed by atoms with van der Waals surface area (Å²) in [6.07, 6.45) is 5.11. The third-order valence-electron chi connectivity index (χ3n) is 4.42. The van der Waals surface area contributed by atoms with E-state index in [0.29, 0.717) is 24.7 Å². The van der Waals surface area contributed by atoms with E-state index in [0.717, 1.165) is 6.42 Å². The van der Waals surface area contributed by atoms with E-state index in [4.69, 9.17) is 15.2 Å². The molecule has 5 nitrogen and oxygen atoms in total. The van der Waals surface area contributed by atoms with Crippen LogP contribution in [0.25, 0.3) is 0 Å². The van der Waals surface area contributed by atoms with Gasteiger partial charge >= 0.3 is 0 Å². The summed E-state index contributed by atoms with van der Waals surface area (Å²) in [6, 6.07) is 0.521. The van der Waals surface area contributed by atoms with Gasteiger partial charge in [0.15, 0.2) is 5.96 Å². The number of hydrogen-bond acceptors (Lipinski definition) is 3. The van der Waals surface area contributed by atoms with Crippen molar-refractivity contribution in [3.63, 3.8) is 0 Å². The molecule has 3 atom stereocenters. The highest BCUT2D eigenvalue weighted by Crippen LogP contribution is 2.58. The van der Waals surface area contributed by atoms with Crippen LogP contribution in [0.1, 0.15) is 32.6 Å². The molecule has 0 amide bonds. The highest BCUT2D eigenvalue weighted by Gasteiger charge is 2.58. The molecule has 0 radical (unpaired) electrons. The van der Waals surface area contributed by atoms with Crippen LogP contribution in [0.4, 0.5) is 0 Å². The number of methoxy groups -OCH3 is 2. The number of hydrogen-bond donors (Lipinski definition) is 2. The van der Waals surface area contributed by atoms with Crippen LogP contribution >= 0.6 is 0 Å². The number of aliphatic imine (C=N–C) groups is 1. The molecule has 0 heterocycles. The van der Waals surface area contributed by atoms with Gasteiger partial charge in [0.25, 0.3) is 0 Å². The van der Waals surface area contributed by atoms with Gasteiger partial charge in [-0.25, -0.2) is 4.99 Å². The van der Waals surface area contributed by atoms with Crippen molar-refractivity contribution in [2.24, 2.45) is 16.1 Å². The second-order valence-corrected chi connectivity index (χ2v) is 5.58. The van der Waals surface area contributed by atoms with Crippen LogP contribution < -0.4 is 11.1 Å². The lowest BCUT2D eigenvalue weighted by Crippen LogP contribution is -2.61. The topological polar surface area (TPSA) is 68.9 Å². The Kier molecular flexibility index (Phi) is 4.12. The van der Waals surface area contributed by atoms with Crippen molar-refractivity contribution in [3.05, 3.63) is 0 Å². The van der Waals surface area contributed by atoms with E-state index >= 15 is 0 Å². The lowest BCUT2D eigenvalue weighted by molar-refractivity contribution is -0.150. The molecule has 3 unspecified atom stereocenters. The Bertz CT molecular complexity index is 315. The molecule has 0 saturated heterocycles. The number of rotatable bonds is 5. The predicted octanol–water partition coefficient (Wildman–Crippen LogP) is 0.883. The summed E-state index contributed by atoms with van der Waals surface area (Å²) in [7, 11) is 3.48. The summed E-state index contributed by atoms with van der Waals surface area (Å²) in [5, 5.41) is 3.16. The molecule has 5 heteroatoms. The Hall–Kier alpha value is -0.810. The van der Waals surface area contributed by atoms with Gasteiger partial charge in [0.1, 0.15) is 0 Å². The summed E-state index contributed by atoms with van der Waals surface area (Å²) >= 11 is 0. The molecular formula is C13H25N3O2. The highest BCUT2D eigenvalue weighted by molar-refractivity contribution is 5.78. The van der Waals surface area contributed by atoms with E-state index in [2.05, 4.69) is 10.3 Å². The molecule has 0 aromatic carbocycles. The Morgan fingerprint density at radius 1 is 1.50 bits per heavy atom. The molecule has 2 rings (SSSR count). The van der Waals surface area contributed by atoms with Gasteiger partial charge in [0, 0.05) is 25.7 Å². The second-order valence-electron chi connectivity index (χ2n) is 5.58. The fraction of sp³-hybridized carbons (Fsp3) is 0.923. The number of ether oxygens (including phenoxy) is 2. The molecule has 1 spiro atoms. The molecule has 2 fully saturated rings. The molecule has 18 heavy (non-hydrogen) atoms. The van der Waals surface area contributed by atoms with Crippen LogP contribution in [-0.4, -0.2) is 45.0 Å². The van der Waals surface area contributed by atoms with Gasteiger partial charge in [-0.1, -0.05) is 6.42 Å². The molecule has 0 bridgehead atoms. The summed E-state index contributed by atoms with van der Waals surface area (Å²) in [4.78, 5) is 4.63. The van der Waals surface area contributed by atoms with Gasteiger partial charge in [0.2, 0.25) is 0 Å². The van der Waals surface area contributed by atoms with Gasteiger partial charge in [-0.15, -0.1) is 0 Å². The van der Waals surface area contributed by atoms with Crippen molar-refractivity contribution in [1.29, 1.82) is 0 Å². The van der Waals surface area contributed by atoms with Crippen molar-refractivity contribution in [2.75, 3.05) is 20.8 Å². The van der Waals surface area contributed by atoms with E-state index in [1.54, 1.807) is 14.2 Å². The van der Waals surface area contributed by atoms with E-state index in [1.165, 1.54) is 19.3 Å². The third kappa shape index (κ3) is 2.34. The normalized spacial score (nSPS) is 31.6. The van der Waals surface area contributed by atoms with Gasteiger partial charge < -0.3 is 20.5 Å². The smallest absolute Gasteiger partial charge is 0.189 e. The van der Waals surface area contributed by atoms with Crippen LogP contribution in [0.2, 0.25) is 0 Å². The third-order valence-corrected chi connectivity index (χ3v) is 4.42. The van der Waals surface area contributed by atoms with Gasteiger partial charge in [-0.05, 0) is 26.2 Å². The lowest BCUT2D eigenvalue weighted by atomic mass is 9.51. The first-order chi connectivity index (χ1) is 8.62. The number of nitrogens with two attached hydrogens (primary N) is 1. The van der Waals surface area contributed by atoms with Crippen LogP contribution in [0.5, 0.6) is 0 Å². The zero-order chi connectivity index (χ0) is 13.2. The fourth-order valence-electron chi connectivity index (χ4n) is 3.23. The first-order valence-electron chi connectivity index (χ1n) is 6.74. The van der Waals surface area contributed by atoms with Gasteiger partial charge in [-0.2, -0.15) is 0 Å². The standard InChI is InChI=1S/C13H25N3O2/c1-9(8-17-2)15-12(14)16-10-7-11(18-3)13(10)5-4-6-13/h9-11H,4-8H2,1-3H3,(H3,14,15,16). The molecule has 2 saturated carbocycles. The molecule has 3 N–H and O–H groups in total. The summed E-state index contributed by atoms with van der Waals surface area (Å²) < 4.78 is 10.6. The molecule has 104 valence electrons. The molecule has 2 aliphatic carbocycles. The molecule has 0 aromatic heterocycles. The van der Waals surface area contributed by atoms with Crippen molar-refractivity contribution >= 4 is 5.96 Å². The maximum atomic E-state index is 5.94. The van der Waals surface area contributed by atoms with E-state index in [-0.39, 0.29) is 11.5 Å². The number of nitrogens with one attached hydrogen (secondary N) is 1. The van der Waals surface area contributed by atoms with Crippen LogP contribution in [0, 0.1) is 5.41 Å². The zero-order valence-corrected chi connectivity index (χ0v) is 11.6. The first-order valence-corrected chi connectivity index (χ1v) is 6.74. The number of nitrogens with zero attached hydrogens (tertiary/aromatic N) is 1. The van der Waals surface area contributed by atoms with Crippen LogP contribution in [-0.2, 0) is 9.47 Å². The molecule has 2 aliphatic rings. The number of guanidine groups is 1. The van der Waals surface area contributed by atoms with Crippen molar-refractivity contribution in [2.45, 2.75) is 50.8 Å². The maximum Gasteiger partial charge on any atom is 0.189 e. The maximum absolute atomic E-state index is 5.94. The average molecular weight is 255 g/mol. The quantitative estimate of drug-likeness (QED) is 0.565. The summed E-state index contributed by atoms with van der Waals surface area (Å²) in [6.45, 7) is 2.66. The summed E-state index contributed by atoms with van der Waals surface area (Å²) in [5.74, 6) is 0.533. The van der Waals surface area contributed by atoms with Crippen LogP contribution in [0.3, 0.4) is 0 Å².